The number of rotatable bonds is 6. The van der Waals surface area contributed by atoms with Gasteiger partial charge in [-0.2, -0.15) is 0 Å². The molecule has 0 saturated heterocycles. The Morgan fingerprint density at radius 1 is 1.40 bits per heavy atom. The molecule has 20 heavy (non-hydrogen) atoms. The van der Waals surface area contributed by atoms with Crippen molar-refractivity contribution in [1.82, 2.24) is 0 Å². The molecule has 0 N–H and O–H groups in total. The predicted molar refractivity (Wildman–Crippen MR) is 68.8 cm³/mol. The second-order valence-electron chi connectivity index (χ2n) is 4.49. The number of esters is 1. The van der Waals surface area contributed by atoms with E-state index in [1.807, 2.05) is 0 Å². The highest BCUT2D eigenvalue weighted by molar-refractivity contribution is 5.76. The van der Waals surface area contributed by atoms with Crippen molar-refractivity contribution in [1.29, 1.82) is 0 Å². The average Bonchev–Trinajstić information content (AvgIpc) is 3.28. The van der Waals surface area contributed by atoms with Gasteiger partial charge in [0.1, 0.15) is 5.75 Å². The van der Waals surface area contributed by atoms with Gasteiger partial charge in [-0.05, 0) is 25.0 Å². The fourth-order valence-corrected chi connectivity index (χ4v) is 1.88. The Labute approximate surface area is 115 Å². The second-order valence-corrected chi connectivity index (χ2v) is 4.49. The summed E-state index contributed by atoms with van der Waals surface area (Å²) >= 11 is 0. The van der Waals surface area contributed by atoms with Gasteiger partial charge in [0.15, 0.2) is 11.9 Å². The van der Waals surface area contributed by atoms with Crippen molar-refractivity contribution < 1.29 is 23.9 Å². The van der Waals surface area contributed by atoms with Crippen molar-refractivity contribution in [3.63, 3.8) is 0 Å². The van der Waals surface area contributed by atoms with Crippen LogP contribution in [0.2, 0.25) is 0 Å². The first-order valence-electron chi connectivity index (χ1n) is 6.13. The van der Waals surface area contributed by atoms with E-state index < -0.39 is 17.0 Å². The maximum absolute atomic E-state index is 11.6. The van der Waals surface area contributed by atoms with E-state index in [1.165, 1.54) is 32.4 Å². The van der Waals surface area contributed by atoms with Crippen molar-refractivity contribution in [2.75, 3.05) is 14.2 Å². The summed E-state index contributed by atoms with van der Waals surface area (Å²) in [5, 5.41) is 10.9. The van der Waals surface area contributed by atoms with E-state index in [0.717, 1.165) is 12.8 Å². The van der Waals surface area contributed by atoms with E-state index in [9.17, 15) is 14.9 Å². The molecule has 0 bridgehead atoms. The highest BCUT2D eigenvalue weighted by Gasteiger charge is 2.39. The molecule has 0 amide bonds. The molecular formula is C13H15NO6. The lowest BCUT2D eigenvalue weighted by Crippen LogP contribution is -2.30. The minimum absolute atomic E-state index is 0.114. The first-order chi connectivity index (χ1) is 9.56. The molecule has 0 spiro atoms. The van der Waals surface area contributed by atoms with Crippen molar-refractivity contribution in [3.05, 3.63) is 28.3 Å². The molecule has 108 valence electrons. The van der Waals surface area contributed by atoms with Crippen LogP contribution < -0.4 is 9.47 Å². The molecule has 1 fully saturated rings. The molecule has 1 aliphatic carbocycles. The number of nitrogens with zero attached hydrogens (tertiary/aromatic N) is 1. The van der Waals surface area contributed by atoms with E-state index in [1.54, 1.807) is 0 Å². The largest absolute Gasteiger partial charge is 0.490 e. The summed E-state index contributed by atoms with van der Waals surface area (Å²) in [6, 6.07) is 4.22. The van der Waals surface area contributed by atoms with Gasteiger partial charge in [0.2, 0.25) is 0 Å². The minimum Gasteiger partial charge on any atom is -0.490 e. The molecule has 7 heteroatoms. The number of nitro groups is 1. The summed E-state index contributed by atoms with van der Waals surface area (Å²) in [7, 11) is 2.64. The van der Waals surface area contributed by atoms with Crippen LogP contribution in [-0.4, -0.2) is 31.2 Å². The maximum Gasteiger partial charge on any atom is 0.347 e. The van der Waals surface area contributed by atoms with Crippen LogP contribution in [0.1, 0.15) is 12.8 Å². The number of benzene rings is 1. The molecule has 1 aliphatic rings. The zero-order chi connectivity index (χ0) is 14.7. The lowest BCUT2D eigenvalue weighted by Gasteiger charge is -2.16. The fourth-order valence-electron chi connectivity index (χ4n) is 1.88. The Kier molecular flexibility index (Phi) is 4.07. The molecule has 0 radical (unpaired) electrons. The molecule has 1 aromatic rings. The van der Waals surface area contributed by atoms with Crippen LogP contribution in [-0.2, 0) is 9.53 Å². The summed E-state index contributed by atoms with van der Waals surface area (Å²) in [6.45, 7) is 0. The van der Waals surface area contributed by atoms with Crippen molar-refractivity contribution in [2.45, 2.75) is 18.9 Å². The summed E-state index contributed by atoms with van der Waals surface area (Å²) in [4.78, 5) is 22.0. The topological polar surface area (TPSA) is 87.9 Å². The fraction of sp³-hybridized carbons (Fsp3) is 0.462. The van der Waals surface area contributed by atoms with Crippen LogP contribution in [0.3, 0.4) is 0 Å². The van der Waals surface area contributed by atoms with Crippen LogP contribution >= 0.6 is 0 Å². The summed E-state index contributed by atoms with van der Waals surface area (Å²) in [5.41, 5.74) is -0.204. The first-order valence-corrected chi connectivity index (χ1v) is 6.13. The smallest absolute Gasteiger partial charge is 0.347 e. The number of carbonyl (C=O) groups excluding carboxylic acids is 1. The predicted octanol–water partition coefficient (Wildman–Crippen LogP) is 1.93. The van der Waals surface area contributed by atoms with E-state index in [0.29, 0.717) is 0 Å². The van der Waals surface area contributed by atoms with Gasteiger partial charge in [-0.3, -0.25) is 10.1 Å². The summed E-state index contributed by atoms with van der Waals surface area (Å²) < 4.78 is 15.1. The van der Waals surface area contributed by atoms with E-state index in [-0.39, 0.29) is 23.1 Å². The number of ether oxygens (including phenoxy) is 3. The maximum atomic E-state index is 11.6. The SMILES string of the molecule is COC(=O)C(Oc1ccc(OC)c([N+](=O)[O-])c1)C1CC1. The van der Waals surface area contributed by atoms with Crippen molar-refractivity contribution >= 4 is 11.7 Å². The van der Waals surface area contributed by atoms with Crippen LogP contribution in [0, 0.1) is 16.0 Å². The Balaban J connectivity index is 2.21. The molecule has 1 aromatic carbocycles. The van der Waals surface area contributed by atoms with Crippen LogP contribution in [0.25, 0.3) is 0 Å². The molecule has 1 unspecified atom stereocenters. The standard InChI is InChI=1S/C13H15NO6/c1-18-11-6-5-9(7-10(11)14(16)17)20-12(8-3-4-8)13(15)19-2/h5-8,12H,3-4H2,1-2H3. The number of hydrogen-bond acceptors (Lipinski definition) is 6. The Bertz CT molecular complexity index is 526. The van der Waals surface area contributed by atoms with Crippen LogP contribution in [0.5, 0.6) is 11.5 Å². The molecule has 0 aliphatic heterocycles. The number of hydrogen-bond donors (Lipinski definition) is 0. The zero-order valence-electron chi connectivity index (χ0n) is 11.2. The number of nitro benzene ring substituents is 1. The van der Waals surface area contributed by atoms with Crippen LogP contribution in [0.15, 0.2) is 18.2 Å². The van der Waals surface area contributed by atoms with E-state index in [2.05, 4.69) is 4.74 Å². The van der Waals surface area contributed by atoms with Crippen molar-refractivity contribution in [2.24, 2.45) is 5.92 Å². The Hall–Kier alpha value is -2.31. The summed E-state index contributed by atoms with van der Waals surface area (Å²) in [6.07, 6.45) is 1.06. The van der Waals surface area contributed by atoms with E-state index in [4.69, 9.17) is 9.47 Å². The molecule has 2 rings (SSSR count). The average molecular weight is 281 g/mol. The highest BCUT2D eigenvalue weighted by atomic mass is 16.6. The van der Waals surface area contributed by atoms with Gasteiger partial charge in [0.25, 0.3) is 0 Å². The molecular weight excluding hydrogens is 266 g/mol. The number of carbonyl (C=O) groups is 1. The third-order valence-electron chi connectivity index (χ3n) is 3.09. The molecule has 0 heterocycles. The minimum atomic E-state index is -0.715. The third-order valence-corrected chi connectivity index (χ3v) is 3.09. The lowest BCUT2D eigenvalue weighted by molar-refractivity contribution is -0.385. The van der Waals surface area contributed by atoms with Gasteiger partial charge >= 0.3 is 11.7 Å². The van der Waals surface area contributed by atoms with Gasteiger partial charge in [0.05, 0.1) is 25.2 Å². The summed E-state index contributed by atoms with van der Waals surface area (Å²) in [5.74, 6) is 0.0396. The van der Waals surface area contributed by atoms with Crippen molar-refractivity contribution in [3.8, 4) is 11.5 Å². The second kappa shape index (κ2) is 5.77. The van der Waals surface area contributed by atoms with Gasteiger partial charge in [-0.25, -0.2) is 4.79 Å². The van der Waals surface area contributed by atoms with E-state index >= 15 is 0 Å². The zero-order valence-corrected chi connectivity index (χ0v) is 11.2. The lowest BCUT2D eigenvalue weighted by atomic mass is 10.2. The highest BCUT2D eigenvalue weighted by Crippen LogP contribution is 2.37. The van der Waals surface area contributed by atoms with Gasteiger partial charge in [-0.15, -0.1) is 0 Å². The van der Waals surface area contributed by atoms with Gasteiger partial charge in [0, 0.05) is 5.92 Å². The Morgan fingerprint density at radius 2 is 2.10 bits per heavy atom. The molecule has 7 nitrogen and oxygen atoms in total. The quantitative estimate of drug-likeness (QED) is 0.450. The number of methoxy groups -OCH3 is 2. The monoisotopic (exact) mass is 281 g/mol. The Morgan fingerprint density at radius 3 is 2.60 bits per heavy atom. The van der Waals surface area contributed by atoms with Gasteiger partial charge in [-0.1, -0.05) is 0 Å². The molecule has 1 saturated carbocycles. The molecule has 0 aromatic heterocycles. The van der Waals surface area contributed by atoms with Crippen LogP contribution in [0.4, 0.5) is 5.69 Å². The van der Waals surface area contributed by atoms with Gasteiger partial charge < -0.3 is 14.2 Å². The molecule has 1 atom stereocenters. The third kappa shape index (κ3) is 2.98. The normalized spacial score (nSPS) is 15.3. The first kappa shape index (κ1) is 14.1.